The Morgan fingerprint density at radius 3 is 2.85 bits per heavy atom. The largest absolute Gasteiger partial charge is 0.492 e. The zero-order chi connectivity index (χ0) is 18.7. The van der Waals surface area contributed by atoms with Gasteiger partial charge in [-0.3, -0.25) is 9.59 Å². The first-order valence-electron chi connectivity index (χ1n) is 8.48. The van der Waals surface area contributed by atoms with Crippen LogP contribution < -0.4 is 20.1 Å². The molecule has 136 valence electrons. The Morgan fingerprint density at radius 1 is 1.31 bits per heavy atom. The maximum absolute atomic E-state index is 12.6. The number of fused-ring (bicyclic) bond motifs is 1. The molecule has 7 nitrogen and oxygen atoms in total. The second-order valence-corrected chi connectivity index (χ2v) is 6.07. The van der Waals surface area contributed by atoms with Crippen LogP contribution in [0.15, 0.2) is 30.3 Å². The highest BCUT2D eigenvalue weighted by Gasteiger charge is 2.23. The molecule has 0 spiro atoms. The van der Waals surface area contributed by atoms with E-state index in [9.17, 15) is 9.59 Å². The van der Waals surface area contributed by atoms with Crippen molar-refractivity contribution in [2.24, 2.45) is 0 Å². The van der Waals surface area contributed by atoms with Gasteiger partial charge in [0.15, 0.2) is 0 Å². The summed E-state index contributed by atoms with van der Waals surface area (Å²) >= 11 is 0. The number of carbonyl (C=O) groups excluding carboxylic acids is 2. The molecule has 0 aliphatic carbocycles. The molecule has 0 saturated carbocycles. The summed E-state index contributed by atoms with van der Waals surface area (Å²) in [6.45, 7) is 5.75. The fraction of sp³-hybridized carbons (Fsp3) is 0.316. The third kappa shape index (κ3) is 3.93. The van der Waals surface area contributed by atoms with E-state index < -0.39 is 5.91 Å². The van der Waals surface area contributed by atoms with Crippen LogP contribution in [-0.4, -0.2) is 29.5 Å². The summed E-state index contributed by atoms with van der Waals surface area (Å²) in [5.41, 5.74) is 1.77. The van der Waals surface area contributed by atoms with Gasteiger partial charge in [0.05, 0.1) is 12.3 Å². The summed E-state index contributed by atoms with van der Waals surface area (Å²) in [5, 5.41) is 5.38. The number of pyridine rings is 1. The van der Waals surface area contributed by atoms with Crippen molar-refractivity contribution in [1.29, 1.82) is 0 Å². The zero-order valence-corrected chi connectivity index (χ0v) is 15.0. The standard InChI is InChI=1S/C19H21N3O4/c1-4-25-17-9-13-8-11(2)26-16(13)10-15(17)22-19(24)14-6-5-7-18(21-14)20-12(3)23/h5-7,9-11H,4,8H2,1-3H3,(H,22,24)(H,20,21,23)/t11-/m0/s1. The fourth-order valence-corrected chi connectivity index (χ4v) is 2.81. The lowest BCUT2D eigenvalue weighted by Gasteiger charge is -2.13. The Hall–Kier alpha value is -3.09. The van der Waals surface area contributed by atoms with E-state index in [2.05, 4.69) is 15.6 Å². The number of amides is 2. The number of anilines is 2. The Kier molecular flexibility index (Phi) is 5.06. The van der Waals surface area contributed by atoms with E-state index in [1.807, 2.05) is 19.9 Å². The van der Waals surface area contributed by atoms with Gasteiger partial charge >= 0.3 is 0 Å². The van der Waals surface area contributed by atoms with Crippen molar-refractivity contribution in [2.75, 3.05) is 17.2 Å². The van der Waals surface area contributed by atoms with Crippen LogP contribution in [-0.2, 0) is 11.2 Å². The van der Waals surface area contributed by atoms with Gasteiger partial charge in [0.25, 0.3) is 5.91 Å². The summed E-state index contributed by atoms with van der Waals surface area (Å²) < 4.78 is 11.4. The number of nitrogens with zero attached hydrogens (tertiary/aromatic N) is 1. The number of hydrogen-bond acceptors (Lipinski definition) is 5. The number of benzene rings is 1. The third-order valence-electron chi connectivity index (χ3n) is 3.83. The highest BCUT2D eigenvalue weighted by molar-refractivity contribution is 6.04. The monoisotopic (exact) mass is 355 g/mol. The van der Waals surface area contributed by atoms with E-state index in [1.165, 1.54) is 6.92 Å². The van der Waals surface area contributed by atoms with Gasteiger partial charge in [0.2, 0.25) is 5.91 Å². The zero-order valence-electron chi connectivity index (χ0n) is 15.0. The SMILES string of the molecule is CCOc1cc2c(cc1NC(=O)c1cccc(NC(C)=O)n1)O[C@@H](C)C2. The van der Waals surface area contributed by atoms with E-state index >= 15 is 0 Å². The minimum atomic E-state index is -0.399. The molecule has 1 aromatic carbocycles. The first-order chi connectivity index (χ1) is 12.5. The van der Waals surface area contributed by atoms with Gasteiger partial charge in [0, 0.05) is 25.0 Å². The molecule has 1 aromatic heterocycles. The predicted molar refractivity (Wildman–Crippen MR) is 97.9 cm³/mol. The first-order valence-corrected chi connectivity index (χ1v) is 8.48. The Balaban J connectivity index is 1.85. The van der Waals surface area contributed by atoms with Crippen LogP contribution in [0, 0.1) is 0 Å². The van der Waals surface area contributed by atoms with Crippen LogP contribution in [0.4, 0.5) is 11.5 Å². The van der Waals surface area contributed by atoms with Crippen molar-refractivity contribution in [2.45, 2.75) is 33.3 Å². The van der Waals surface area contributed by atoms with Crippen LogP contribution in [0.1, 0.15) is 36.8 Å². The molecule has 2 heterocycles. The Morgan fingerprint density at radius 2 is 2.12 bits per heavy atom. The molecule has 2 N–H and O–H groups in total. The van der Waals surface area contributed by atoms with Crippen molar-refractivity contribution in [3.05, 3.63) is 41.6 Å². The number of nitrogens with one attached hydrogen (secondary N) is 2. The molecule has 0 unspecified atom stereocenters. The minimum absolute atomic E-state index is 0.0985. The molecule has 3 rings (SSSR count). The second kappa shape index (κ2) is 7.43. The van der Waals surface area contributed by atoms with Crippen molar-refractivity contribution >= 4 is 23.3 Å². The summed E-state index contributed by atoms with van der Waals surface area (Å²) in [7, 11) is 0. The third-order valence-corrected chi connectivity index (χ3v) is 3.83. The lowest BCUT2D eigenvalue weighted by atomic mass is 10.1. The molecular formula is C19H21N3O4. The molecule has 0 saturated heterocycles. The number of aromatic nitrogens is 1. The molecule has 1 aliphatic heterocycles. The Labute approximate surface area is 151 Å². The van der Waals surface area contributed by atoms with E-state index in [0.717, 1.165) is 17.7 Å². The summed E-state index contributed by atoms with van der Waals surface area (Å²) in [6, 6.07) is 8.53. The van der Waals surface area contributed by atoms with Gasteiger partial charge in [-0.2, -0.15) is 0 Å². The number of carbonyl (C=O) groups is 2. The quantitative estimate of drug-likeness (QED) is 0.860. The topological polar surface area (TPSA) is 89.6 Å². The van der Waals surface area contributed by atoms with Gasteiger partial charge < -0.3 is 20.1 Å². The molecule has 7 heteroatoms. The second-order valence-electron chi connectivity index (χ2n) is 6.07. The molecular weight excluding hydrogens is 334 g/mol. The molecule has 0 radical (unpaired) electrons. The first kappa shape index (κ1) is 17.7. The van der Waals surface area contributed by atoms with Crippen LogP contribution >= 0.6 is 0 Å². The van der Waals surface area contributed by atoms with E-state index in [0.29, 0.717) is 23.9 Å². The van der Waals surface area contributed by atoms with Crippen molar-refractivity contribution in [1.82, 2.24) is 4.98 Å². The van der Waals surface area contributed by atoms with Crippen molar-refractivity contribution in [3.63, 3.8) is 0 Å². The molecule has 1 atom stereocenters. The van der Waals surface area contributed by atoms with Gasteiger partial charge in [-0.1, -0.05) is 6.07 Å². The van der Waals surface area contributed by atoms with Crippen LogP contribution in [0.5, 0.6) is 11.5 Å². The predicted octanol–water partition coefficient (Wildman–Crippen LogP) is 3.01. The van der Waals surface area contributed by atoms with Crippen molar-refractivity contribution in [3.8, 4) is 11.5 Å². The lowest BCUT2D eigenvalue weighted by Crippen LogP contribution is -2.16. The van der Waals surface area contributed by atoms with Crippen LogP contribution in [0.3, 0.4) is 0 Å². The van der Waals surface area contributed by atoms with E-state index in [1.54, 1.807) is 24.3 Å². The smallest absolute Gasteiger partial charge is 0.274 e. The van der Waals surface area contributed by atoms with Gasteiger partial charge in [-0.15, -0.1) is 0 Å². The average molecular weight is 355 g/mol. The van der Waals surface area contributed by atoms with Crippen LogP contribution in [0.25, 0.3) is 0 Å². The molecule has 2 aromatic rings. The number of hydrogen-bond donors (Lipinski definition) is 2. The Bertz CT molecular complexity index is 851. The minimum Gasteiger partial charge on any atom is -0.492 e. The van der Waals surface area contributed by atoms with E-state index in [-0.39, 0.29) is 17.7 Å². The highest BCUT2D eigenvalue weighted by atomic mass is 16.5. The number of ether oxygens (including phenoxy) is 2. The summed E-state index contributed by atoms with van der Waals surface area (Å²) in [4.78, 5) is 27.9. The molecule has 2 amide bonds. The molecule has 0 bridgehead atoms. The number of rotatable bonds is 5. The molecule has 1 aliphatic rings. The summed E-state index contributed by atoms with van der Waals surface area (Å²) in [5.74, 6) is 1.01. The van der Waals surface area contributed by atoms with Gasteiger partial charge in [0.1, 0.15) is 29.1 Å². The average Bonchev–Trinajstić information content (AvgIpc) is 2.94. The highest BCUT2D eigenvalue weighted by Crippen LogP contribution is 2.38. The normalized spacial score (nSPS) is 15.0. The van der Waals surface area contributed by atoms with E-state index in [4.69, 9.17) is 9.47 Å². The van der Waals surface area contributed by atoms with Crippen LogP contribution in [0.2, 0.25) is 0 Å². The lowest BCUT2D eigenvalue weighted by molar-refractivity contribution is -0.114. The summed E-state index contributed by atoms with van der Waals surface area (Å²) in [6.07, 6.45) is 0.908. The maximum atomic E-state index is 12.6. The fourth-order valence-electron chi connectivity index (χ4n) is 2.81. The maximum Gasteiger partial charge on any atom is 0.274 e. The molecule has 26 heavy (non-hydrogen) atoms. The van der Waals surface area contributed by atoms with Gasteiger partial charge in [-0.25, -0.2) is 4.98 Å². The van der Waals surface area contributed by atoms with Gasteiger partial charge in [-0.05, 0) is 32.0 Å². The molecule has 0 fully saturated rings. The van der Waals surface area contributed by atoms with Crippen molar-refractivity contribution < 1.29 is 19.1 Å².